The van der Waals surface area contributed by atoms with Crippen molar-refractivity contribution >= 4 is 11.0 Å². The van der Waals surface area contributed by atoms with E-state index in [9.17, 15) is 0 Å². The Labute approximate surface area is 71.6 Å². The number of rotatable bonds is 0. The summed E-state index contributed by atoms with van der Waals surface area (Å²) in [6.45, 7) is 6.17. The second-order valence-corrected chi connectivity index (χ2v) is 3.25. The lowest BCUT2D eigenvalue weighted by Gasteiger charge is -1.96. The van der Waals surface area contributed by atoms with Crippen molar-refractivity contribution in [2.24, 2.45) is 0 Å². The summed E-state index contributed by atoms with van der Waals surface area (Å²) < 4.78 is 0. The van der Waals surface area contributed by atoms with Crippen molar-refractivity contribution in [2.45, 2.75) is 20.8 Å². The van der Waals surface area contributed by atoms with Gasteiger partial charge in [-0.15, -0.1) is 0 Å². The molecule has 0 bridgehead atoms. The van der Waals surface area contributed by atoms with Crippen molar-refractivity contribution in [1.82, 2.24) is 9.97 Å². The number of aromatic nitrogens is 2. The quantitative estimate of drug-likeness (QED) is 0.630. The van der Waals surface area contributed by atoms with Crippen LogP contribution in [0.1, 0.15) is 17.0 Å². The molecule has 62 valence electrons. The van der Waals surface area contributed by atoms with E-state index < -0.39 is 0 Å². The highest BCUT2D eigenvalue weighted by Crippen LogP contribution is 2.18. The first-order valence-electron chi connectivity index (χ1n) is 4.11. The van der Waals surface area contributed by atoms with Crippen LogP contribution in [0.4, 0.5) is 0 Å². The van der Waals surface area contributed by atoms with Crippen molar-refractivity contribution in [3.8, 4) is 0 Å². The van der Waals surface area contributed by atoms with Crippen molar-refractivity contribution in [3.05, 3.63) is 29.1 Å². The van der Waals surface area contributed by atoms with Crippen LogP contribution in [-0.4, -0.2) is 9.97 Å². The van der Waals surface area contributed by atoms with Gasteiger partial charge >= 0.3 is 0 Å². The zero-order valence-corrected chi connectivity index (χ0v) is 7.60. The lowest BCUT2D eigenvalue weighted by Crippen LogP contribution is -1.79. The number of aryl methyl sites for hydroxylation is 3. The van der Waals surface area contributed by atoms with E-state index in [-0.39, 0.29) is 0 Å². The Bertz CT molecular complexity index is 388. The van der Waals surface area contributed by atoms with Gasteiger partial charge in [-0.1, -0.05) is 12.1 Å². The first-order valence-corrected chi connectivity index (χ1v) is 4.11. The fourth-order valence-electron chi connectivity index (χ4n) is 1.47. The van der Waals surface area contributed by atoms with Crippen molar-refractivity contribution in [3.63, 3.8) is 0 Å². The van der Waals surface area contributed by atoms with E-state index in [0.717, 1.165) is 11.3 Å². The maximum absolute atomic E-state index is 4.42. The number of hydrogen-bond donors (Lipinski definition) is 1. The second kappa shape index (κ2) is 2.34. The molecule has 1 aromatic carbocycles. The average molecular weight is 160 g/mol. The van der Waals surface area contributed by atoms with Gasteiger partial charge in [0.05, 0.1) is 11.0 Å². The number of H-pyrrole nitrogens is 1. The molecule has 0 atom stereocenters. The van der Waals surface area contributed by atoms with Gasteiger partial charge in [-0.25, -0.2) is 4.98 Å². The first-order chi connectivity index (χ1) is 5.68. The van der Waals surface area contributed by atoms with E-state index >= 15 is 0 Å². The lowest BCUT2D eigenvalue weighted by atomic mass is 10.1. The largest absolute Gasteiger partial charge is 0.342 e. The number of nitrogens with one attached hydrogen (secondary N) is 1. The van der Waals surface area contributed by atoms with Crippen molar-refractivity contribution in [1.29, 1.82) is 0 Å². The summed E-state index contributed by atoms with van der Waals surface area (Å²) in [7, 11) is 0. The van der Waals surface area contributed by atoms with E-state index in [1.165, 1.54) is 16.6 Å². The standard InChI is InChI=1S/C10H12N2/c1-6-4-5-7(2)10-9(6)11-8(3)12-10/h4-5H,1-3H3,(H,11,12). The Kier molecular flexibility index (Phi) is 1.43. The lowest BCUT2D eigenvalue weighted by molar-refractivity contribution is 1.17. The van der Waals surface area contributed by atoms with Crippen LogP contribution in [0, 0.1) is 20.8 Å². The normalized spacial score (nSPS) is 10.9. The monoisotopic (exact) mass is 160 g/mol. The molecule has 0 aliphatic rings. The third kappa shape index (κ3) is 0.916. The molecule has 2 aromatic rings. The summed E-state index contributed by atoms with van der Waals surface area (Å²) in [4.78, 5) is 7.67. The summed E-state index contributed by atoms with van der Waals surface area (Å²) in [5.41, 5.74) is 4.77. The Morgan fingerprint density at radius 3 is 2.42 bits per heavy atom. The van der Waals surface area contributed by atoms with Crippen LogP contribution in [0.5, 0.6) is 0 Å². The van der Waals surface area contributed by atoms with Gasteiger partial charge in [0.25, 0.3) is 0 Å². The molecule has 0 saturated heterocycles. The van der Waals surface area contributed by atoms with Crippen LogP contribution in [-0.2, 0) is 0 Å². The summed E-state index contributed by atoms with van der Waals surface area (Å²) in [6.07, 6.45) is 0. The van der Waals surface area contributed by atoms with Crippen LogP contribution >= 0.6 is 0 Å². The molecular weight excluding hydrogens is 148 g/mol. The number of nitrogens with zero attached hydrogens (tertiary/aromatic N) is 1. The van der Waals surface area contributed by atoms with E-state index in [0.29, 0.717) is 0 Å². The average Bonchev–Trinajstić information content (AvgIpc) is 2.41. The van der Waals surface area contributed by atoms with Gasteiger partial charge in [-0.05, 0) is 31.9 Å². The Hall–Kier alpha value is -1.31. The van der Waals surface area contributed by atoms with Crippen LogP contribution in [0.3, 0.4) is 0 Å². The summed E-state index contributed by atoms with van der Waals surface area (Å²) in [6, 6.07) is 4.23. The van der Waals surface area contributed by atoms with Crippen LogP contribution in [0.25, 0.3) is 11.0 Å². The molecule has 0 radical (unpaired) electrons. The van der Waals surface area contributed by atoms with Crippen LogP contribution < -0.4 is 0 Å². The summed E-state index contributed by atoms with van der Waals surface area (Å²) >= 11 is 0. The Balaban J connectivity index is 2.93. The van der Waals surface area contributed by atoms with Crippen LogP contribution in [0.15, 0.2) is 12.1 Å². The van der Waals surface area contributed by atoms with E-state index in [2.05, 4.69) is 35.9 Å². The molecule has 1 aromatic heterocycles. The van der Waals surface area contributed by atoms with Crippen molar-refractivity contribution < 1.29 is 0 Å². The molecule has 0 aliphatic heterocycles. The number of fused-ring (bicyclic) bond motifs is 1. The number of imidazole rings is 1. The molecule has 12 heavy (non-hydrogen) atoms. The van der Waals surface area contributed by atoms with Gasteiger partial charge in [0.2, 0.25) is 0 Å². The first kappa shape index (κ1) is 7.35. The maximum Gasteiger partial charge on any atom is 0.104 e. The highest BCUT2D eigenvalue weighted by Gasteiger charge is 2.03. The van der Waals surface area contributed by atoms with Gasteiger partial charge in [0, 0.05) is 0 Å². The molecule has 0 saturated carbocycles. The van der Waals surface area contributed by atoms with Gasteiger partial charge < -0.3 is 4.98 Å². The molecule has 2 nitrogen and oxygen atoms in total. The topological polar surface area (TPSA) is 28.7 Å². The SMILES string of the molecule is Cc1nc2c(C)ccc(C)c2[nH]1. The summed E-state index contributed by atoms with van der Waals surface area (Å²) in [5.74, 6) is 0.988. The molecule has 0 aliphatic carbocycles. The molecule has 0 spiro atoms. The smallest absolute Gasteiger partial charge is 0.104 e. The zero-order chi connectivity index (χ0) is 8.72. The predicted molar refractivity (Wildman–Crippen MR) is 50.3 cm³/mol. The molecule has 2 heteroatoms. The fraction of sp³-hybridized carbons (Fsp3) is 0.300. The second-order valence-electron chi connectivity index (χ2n) is 3.25. The van der Waals surface area contributed by atoms with Gasteiger partial charge in [-0.3, -0.25) is 0 Å². The molecular formula is C10H12N2. The van der Waals surface area contributed by atoms with Gasteiger partial charge in [0.15, 0.2) is 0 Å². The number of aromatic amines is 1. The third-order valence-corrected chi connectivity index (χ3v) is 2.17. The van der Waals surface area contributed by atoms with Gasteiger partial charge in [-0.2, -0.15) is 0 Å². The molecule has 0 unspecified atom stereocenters. The highest BCUT2D eigenvalue weighted by atomic mass is 14.9. The van der Waals surface area contributed by atoms with E-state index in [1.54, 1.807) is 0 Å². The summed E-state index contributed by atoms with van der Waals surface area (Å²) in [5, 5.41) is 0. The van der Waals surface area contributed by atoms with Crippen molar-refractivity contribution in [2.75, 3.05) is 0 Å². The van der Waals surface area contributed by atoms with E-state index in [4.69, 9.17) is 0 Å². The molecule has 1 heterocycles. The molecule has 0 amide bonds. The molecule has 0 fully saturated rings. The minimum atomic E-state index is 0.988. The fourth-order valence-corrected chi connectivity index (χ4v) is 1.47. The predicted octanol–water partition coefficient (Wildman–Crippen LogP) is 2.49. The zero-order valence-electron chi connectivity index (χ0n) is 7.60. The Morgan fingerprint density at radius 2 is 1.75 bits per heavy atom. The van der Waals surface area contributed by atoms with E-state index in [1.807, 2.05) is 6.92 Å². The maximum atomic E-state index is 4.42. The highest BCUT2D eigenvalue weighted by molar-refractivity contribution is 5.81. The minimum Gasteiger partial charge on any atom is -0.342 e. The van der Waals surface area contributed by atoms with Crippen LogP contribution in [0.2, 0.25) is 0 Å². The number of benzene rings is 1. The molecule has 1 N–H and O–H groups in total. The third-order valence-electron chi connectivity index (χ3n) is 2.17. The molecule has 2 rings (SSSR count). The minimum absolute atomic E-state index is 0.988. The van der Waals surface area contributed by atoms with Gasteiger partial charge in [0.1, 0.15) is 5.82 Å². The Morgan fingerprint density at radius 1 is 1.08 bits per heavy atom. The number of hydrogen-bond acceptors (Lipinski definition) is 1.